The zero-order valence-electron chi connectivity index (χ0n) is 23.5. The number of hydrogen-bond donors (Lipinski definition) is 2. The van der Waals surface area contributed by atoms with Crippen LogP contribution in [0.3, 0.4) is 0 Å². The van der Waals surface area contributed by atoms with E-state index in [1.165, 1.54) is 12.5 Å². The molecule has 0 radical (unpaired) electrons. The first kappa shape index (κ1) is 27.0. The van der Waals surface area contributed by atoms with Gasteiger partial charge in [-0.3, -0.25) is 9.59 Å². The third-order valence-corrected chi connectivity index (χ3v) is 10.9. The van der Waals surface area contributed by atoms with E-state index in [1.807, 2.05) is 0 Å². The van der Waals surface area contributed by atoms with Crippen LogP contribution in [-0.2, 0) is 30.4 Å². The largest absolute Gasteiger partial charge is 0.481 e. The molecule has 39 heavy (non-hydrogen) atoms. The van der Waals surface area contributed by atoms with Crippen molar-refractivity contribution in [1.29, 1.82) is 0 Å². The van der Waals surface area contributed by atoms with E-state index in [0.29, 0.717) is 49.9 Å². The number of carbonyl (C=O) groups excluding carboxylic acids is 1. The molecule has 1 saturated heterocycles. The molecule has 3 saturated carbocycles. The standard InChI is InChI=1S/C31H44N2O6/c1-17(2)10-19-4-5-21-22-6-8-26-24-14-37-15-31(26,25(22)9-7-23(21)28(19)30(35)36)11-27(39-18(3)34)29(24)38-13-20-12-32-16-33-20/h9,12,16-17,19,21-24,26-29H,4-8,10-11,13-15H2,1-3H3,(H,32,33)(H,35,36)/t19?,21?,22?,23?,24?,26?,27-,28?,29-,31+/m1/s1. The summed E-state index contributed by atoms with van der Waals surface area (Å²) in [5.74, 6) is 1.21. The van der Waals surface area contributed by atoms with E-state index in [0.717, 1.165) is 44.2 Å². The van der Waals surface area contributed by atoms with Crippen LogP contribution in [0.1, 0.15) is 71.4 Å². The molecular weight excluding hydrogens is 496 g/mol. The molecule has 10 atom stereocenters. The van der Waals surface area contributed by atoms with Crippen LogP contribution in [0.4, 0.5) is 0 Å². The molecule has 8 heteroatoms. The van der Waals surface area contributed by atoms with Gasteiger partial charge in [0.2, 0.25) is 0 Å². The molecule has 1 aromatic rings. The predicted molar refractivity (Wildman–Crippen MR) is 143 cm³/mol. The molecule has 0 aromatic carbocycles. The minimum atomic E-state index is -0.607. The maximum Gasteiger partial charge on any atom is 0.307 e. The molecule has 8 nitrogen and oxygen atoms in total. The lowest BCUT2D eigenvalue weighted by molar-refractivity contribution is -0.227. The summed E-state index contributed by atoms with van der Waals surface area (Å²) >= 11 is 0. The highest BCUT2D eigenvalue weighted by Gasteiger charge is 2.63. The van der Waals surface area contributed by atoms with Gasteiger partial charge in [0.15, 0.2) is 0 Å². The summed E-state index contributed by atoms with van der Waals surface area (Å²) in [6.07, 6.45) is 12.1. The number of aromatic nitrogens is 2. The van der Waals surface area contributed by atoms with Gasteiger partial charge in [-0.15, -0.1) is 0 Å². The summed E-state index contributed by atoms with van der Waals surface area (Å²) in [5.41, 5.74) is 2.20. The van der Waals surface area contributed by atoms with Crippen molar-refractivity contribution in [3.63, 3.8) is 0 Å². The quantitative estimate of drug-likeness (QED) is 0.369. The molecule has 2 heterocycles. The van der Waals surface area contributed by atoms with Crippen LogP contribution in [0, 0.1) is 52.8 Å². The highest BCUT2D eigenvalue weighted by Crippen LogP contribution is 2.65. The Morgan fingerprint density at radius 1 is 1.21 bits per heavy atom. The van der Waals surface area contributed by atoms with Crippen LogP contribution in [0.2, 0.25) is 0 Å². The van der Waals surface area contributed by atoms with Crippen LogP contribution in [-0.4, -0.2) is 52.4 Å². The summed E-state index contributed by atoms with van der Waals surface area (Å²) in [7, 11) is 0. The Bertz CT molecular complexity index is 1080. The van der Waals surface area contributed by atoms with Gasteiger partial charge in [-0.1, -0.05) is 25.5 Å². The van der Waals surface area contributed by atoms with Gasteiger partial charge in [-0.05, 0) is 80.5 Å². The van der Waals surface area contributed by atoms with Crippen LogP contribution in [0.5, 0.6) is 0 Å². The monoisotopic (exact) mass is 540 g/mol. The zero-order valence-corrected chi connectivity index (χ0v) is 23.5. The first-order valence-corrected chi connectivity index (χ1v) is 15.1. The van der Waals surface area contributed by atoms with Gasteiger partial charge in [0.25, 0.3) is 0 Å². The number of imidazole rings is 1. The lowest BCUT2D eigenvalue weighted by atomic mass is 9.45. The minimum absolute atomic E-state index is 0.146. The molecule has 214 valence electrons. The Labute approximate surface area is 231 Å². The van der Waals surface area contributed by atoms with Gasteiger partial charge in [0, 0.05) is 18.3 Å². The first-order chi connectivity index (χ1) is 18.8. The SMILES string of the molecule is CC(=O)O[C@@H]1C[C@@]23COCC(C2CCC2C3=CCC3C2CCC(CC(C)C)C3C(=O)O)[C@H]1OCc1cnc[nH]1. The number of ether oxygens (including phenoxy) is 3. The van der Waals surface area contributed by atoms with Crippen LogP contribution in [0.25, 0.3) is 0 Å². The van der Waals surface area contributed by atoms with Gasteiger partial charge in [0.1, 0.15) is 12.2 Å². The Balaban J connectivity index is 1.30. The summed E-state index contributed by atoms with van der Waals surface area (Å²) in [6, 6.07) is 0. The Kier molecular flexibility index (Phi) is 7.38. The fourth-order valence-electron chi connectivity index (χ4n) is 9.74. The fraction of sp³-hybridized carbons (Fsp3) is 0.774. The number of H-pyrrole nitrogens is 1. The van der Waals surface area contributed by atoms with Crippen LogP contribution in [0.15, 0.2) is 24.2 Å². The first-order valence-electron chi connectivity index (χ1n) is 15.1. The zero-order chi connectivity index (χ0) is 27.3. The lowest BCUT2D eigenvalue weighted by Gasteiger charge is -2.63. The third kappa shape index (κ3) is 4.75. The maximum absolute atomic E-state index is 12.6. The van der Waals surface area contributed by atoms with Crippen molar-refractivity contribution in [3.05, 3.63) is 29.9 Å². The molecule has 2 bridgehead atoms. The number of hydrogen-bond acceptors (Lipinski definition) is 6. The molecule has 1 aromatic heterocycles. The average molecular weight is 541 g/mol. The van der Waals surface area contributed by atoms with Gasteiger partial charge in [-0.2, -0.15) is 0 Å². The van der Waals surface area contributed by atoms with Crippen molar-refractivity contribution >= 4 is 11.9 Å². The van der Waals surface area contributed by atoms with Gasteiger partial charge in [-0.25, -0.2) is 4.98 Å². The molecule has 0 amide bonds. The molecule has 2 N–H and O–H groups in total. The predicted octanol–water partition coefficient (Wildman–Crippen LogP) is 5.01. The van der Waals surface area contributed by atoms with Crippen LogP contribution >= 0.6 is 0 Å². The molecule has 4 fully saturated rings. The Hall–Kier alpha value is -2.19. The molecule has 4 aliphatic carbocycles. The number of carbonyl (C=O) groups is 2. The van der Waals surface area contributed by atoms with E-state index in [2.05, 4.69) is 29.9 Å². The second-order valence-corrected chi connectivity index (χ2v) is 13.4. The number of nitrogens with one attached hydrogen (secondary N) is 1. The second kappa shape index (κ2) is 10.7. The van der Waals surface area contributed by atoms with E-state index in [1.54, 1.807) is 12.5 Å². The van der Waals surface area contributed by atoms with E-state index >= 15 is 0 Å². The van der Waals surface area contributed by atoms with Crippen molar-refractivity contribution in [2.75, 3.05) is 13.2 Å². The normalized spacial score (nSPS) is 41.1. The summed E-state index contributed by atoms with van der Waals surface area (Å²) in [5, 5.41) is 10.3. The van der Waals surface area contributed by atoms with Gasteiger partial charge in [0.05, 0.1) is 44.0 Å². The number of allylic oxidation sites excluding steroid dienone is 1. The molecule has 1 aliphatic heterocycles. The number of carboxylic acid groups (broad SMARTS) is 1. The molecular formula is C31H44N2O6. The molecule has 7 unspecified atom stereocenters. The topological polar surface area (TPSA) is 111 Å². The number of aromatic amines is 1. The van der Waals surface area contributed by atoms with Crippen molar-refractivity contribution in [2.45, 2.75) is 84.5 Å². The molecule has 5 aliphatic rings. The minimum Gasteiger partial charge on any atom is -0.481 e. The highest BCUT2D eigenvalue weighted by molar-refractivity contribution is 5.71. The third-order valence-electron chi connectivity index (χ3n) is 10.9. The number of rotatable bonds is 7. The van der Waals surface area contributed by atoms with E-state index in [-0.39, 0.29) is 47.3 Å². The summed E-state index contributed by atoms with van der Waals surface area (Å²) in [6.45, 7) is 7.55. The fourth-order valence-corrected chi connectivity index (χ4v) is 9.74. The molecule has 0 spiro atoms. The Morgan fingerprint density at radius 3 is 2.77 bits per heavy atom. The smallest absolute Gasteiger partial charge is 0.307 e. The lowest BCUT2D eigenvalue weighted by Crippen LogP contribution is -2.64. The van der Waals surface area contributed by atoms with Crippen molar-refractivity contribution in [2.24, 2.45) is 52.8 Å². The number of carboxylic acids is 1. The Morgan fingerprint density at radius 2 is 2.05 bits per heavy atom. The van der Waals surface area contributed by atoms with Gasteiger partial charge < -0.3 is 24.3 Å². The van der Waals surface area contributed by atoms with E-state index in [4.69, 9.17) is 14.2 Å². The summed E-state index contributed by atoms with van der Waals surface area (Å²) < 4.78 is 18.8. The van der Waals surface area contributed by atoms with Gasteiger partial charge >= 0.3 is 11.9 Å². The number of nitrogens with zero attached hydrogens (tertiary/aromatic N) is 1. The van der Waals surface area contributed by atoms with Crippen LogP contribution < -0.4 is 0 Å². The van der Waals surface area contributed by atoms with E-state index < -0.39 is 5.97 Å². The number of aliphatic carboxylic acids is 1. The molecule has 6 rings (SSSR count). The van der Waals surface area contributed by atoms with E-state index in [9.17, 15) is 14.7 Å². The highest BCUT2D eigenvalue weighted by atomic mass is 16.6. The van der Waals surface area contributed by atoms with Crippen molar-refractivity contribution in [1.82, 2.24) is 9.97 Å². The average Bonchev–Trinajstić information content (AvgIpc) is 3.40. The summed E-state index contributed by atoms with van der Waals surface area (Å²) in [4.78, 5) is 32.0. The second-order valence-electron chi connectivity index (χ2n) is 13.4. The van der Waals surface area contributed by atoms with Crippen molar-refractivity contribution < 1.29 is 28.9 Å². The van der Waals surface area contributed by atoms with Crippen molar-refractivity contribution in [3.8, 4) is 0 Å². The number of fused-ring (bicyclic) bond motifs is 3. The maximum atomic E-state index is 12.6. The number of esters is 1.